The van der Waals surface area contributed by atoms with Crippen LogP contribution in [0.1, 0.15) is 24.0 Å². The number of hydrogen-bond donors (Lipinski definition) is 3. The Bertz CT molecular complexity index is 2000. The Morgan fingerprint density at radius 1 is 0.682 bits per heavy atom. The van der Waals surface area contributed by atoms with Crippen LogP contribution in [0.3, 0.4) is 0 Å². The largest absolute Gasteiger partial charge is 0.392 e. The average molecular weight is 623 g/mol. The molecule has 0 saturated carbocycles. The number of likely N-dealkylation sites (tertiary alicyclic amines) is 1. The van der Waals surface area contributed by atoms with Gasteiger partial charge in [-0.15, -0.1) is 0 Å². The van der Waals surface area contributed by atoms with E-state index in [-0.39, 0.29) is 6.61 Å². The zero-order valence-electron chi connectivity index (χ0n) is 23.8. The van der Waals surface area contributed by atoms with Crippen molar-refractivity contribution in [1.82, 2.24) is 24.8 Å². The number of nitrogens with one attached hydrogen (secondary N) is 2. The van der Waals surface area contributed by atoms with Gasteiger partial charge in [0.2, 0.25) is 0 Å². The molecule has 0 radical (unpaired) electrons. The molecule has 5 heterocycles. The minimum Gasteiger partial charge on any atom is -0.392 e. The second-order valence-electron chi connectivity index (χ2n) is 10.9. The lowest BCUT2D eigenvalue weighted by atomic mass is 10.0. The van der Waals surface area contributed by atoms with Crippen LogP contribution in [0.2, 0.25) is 10.0 Å². The van der Waals surface area contributed by atoms with Crippen LogP contribution in [-0.2, 0) is 13.2 Å². The van der Waals surface area contributed by atoms with E-state index < -0.39 is 0 Å². The zero-order valence-corrected chi connectivity index (χ0v) is 25.3. The van der Waals surface area contributed by atoms with Crippen LogP contribution >= 0.6 is 23.2 Å². The molecule has 1 aliphatic heterocycles. The number of aliphatic hydroxyl groups is 1. The van der Waals surface area contributed by atoms with Crippen LogP contribution in [0.5, 0.6) is 0 Å². The van der Waals surface area contributed by atoms with Crippen molar-refractivity contribution in [3.63, 3.8) is 0 Å². The highest BCUT2D eigenvalue weighted by molar-refractivity contribution is 6.39. The normalized spacial score (nSPS) is 13.5. The Morgan fingerprint density at radius 3 is 1.75 bits per heavy atom. The Kier molecular flexibility index (Phi) is 7.97. The van der Waals surface area contributed by atoms with E-state index in [0.717, 1.165) is 52.6 Å². The summed E-state index contributed by atoms with van der Waals surface area (Å²) in [7, 11) is 0. The van der Waals surface area contributed by atoms with E-state index >= 15 is 0 Å². The molecule has 10 heteroatoms. The molecule has 4 aromatic heterocycles. The van der Waals surface area contributed by atoms with Crippen molar-refractivity contribution in [1.29, 1.82) is 0 Å². The monoisotopic (exact) mass is 621 g/mol. The Labute approximate surface area is 264 Å². The number of anilines is 4. The zero-order chi connectivity index (χ0) is 30.0. The van der Waals surface area contributed by atoms with Gasteiger partial charge in [-0.3, -0.25) is 14.9 Å². The summed E-state index contributed by atoms with van der Waals surface area (Å²) in [6.07, 6.45) is 9.58. The van der Waals surface area contributed by atoms with Gasteiger partial charge in [-0.05, 0) is 73.5 Å². The van der Waals surface area contributed by atoms with Gasteiger partial charge < -0.3 is 15.7 Å². The van der Waals surface area contributed by atoms with Gasteiger partial charge in [0.25, 0.3) is 0 Å². The summed E-state index contributed by atoms with van der Waals surface area (Å²) < 4.78 is 0. The Morgan fingerprint density at radius 2 is 1.20 bits per heavy atom. The molecule has 7 rings (SSSR count). The lowest BCUT2D eigenvalue weighted by molar-refractivity contribution is 0.281. The van der Waals surface area contributed by atoms with Crippen LogP contribution in [0.25, 0.3) is 32.9 Å². The Balaban J connectivity index is 1.18. The first-order chi connectivity index (χ1) is 21.6. The maximum Gasteiger partial charge on any atom is 0.156 e. The highest BCUT2D eigenvalue weighted by atomic mass is 35.5. The third-order valence-corrected chi connectivity index (χ3v) is 8.71. The number of rotatable bonds is 8. The minimum absolute atomic E-state index is 0.0799. The van der Waals surface area contributed by atoms with E-state index in [2.05, 4.69) is 36.6 Å². The van der Waals surface area contributed by atoms with Gasteiger partial charge in [0, 0.05) is 53.2 Å². The lowest BCUT2D eigenvalue weighted by Gasteiger charge is -2.16. The molecule has 1 saturated heterocycles. The maximum absolute atomic E-state index is 9.49. The molecule has 8 nitrogen and oxygen atoms in total. The molecule has 0 amide bonds. The van der Waals surface area contributed by atoms with E-state index in [1.165, 1.54) is 18.4 Å². The highest BCUT2D eigenvalue weighted by Gasteiger charge is 2.17. The summed E-state index contributed by atoms with van der Waals surface area (Å²) in [6.45, 7) is 3.11. The third kappa shape index (κ3) is 5.65. The molecule has 220 valence electrons. The van der Waals surface area contributed by atoms with Crippen LogP contribution < -0.4 is 10.6 Å². The van der Waals surface area contributed by atoms with Gasteiger partial charge in [0.1, 0.15) is 11.0 Å². The molecule has 1 aliphatic rings. The predicted molar refractivity (Wildman–Crippen MR) is 178 cm³/mol. The van der Waals surface area contributed by atoms with Crippen LogP contribution in [0.15, 0.2) is 85.5 Å². The average Bonchev–Trinajstić information content (AvgIpc) is 3.56. The second-order valence-corrected chi connectivity index (χ2v) is 11.6. The fourth-order valence-electron chi connectivity index (χ4n) is 5.69. The molecule has 2 aromatic carbocycles. The van der Waals surface area contributed by atoms with Crippen LogP contribution in [-0.4, -0.2) is 43.0 Å². The molecule has 0 atom stereocenters. The first-order valence-electron chi connectivity index (χ1n) is 14.5. The molecular weight excluding hydrogens is 593 g/mol. The number of aromatic nitrogens is 4. The summed E-state index contributed by atoms with van der Waals surface area (Å²) in [5.74, 6) is 1.19. The smallest absolute Gasteiger partial charge is 0.156 e. The van der Waals surface area contributed by atoms with E-state index in [1.54, 1.807) is 18.6 Å². The summed E-state index contributed by atoms with van der Waals surface area (Å²) >= 11 is 14.0. The van der Waals surface area contributed by atoms with Crippen molar-refractivity contribution in [3.05, 3.63) is 107 Å². The van der Waals surface area contributed by atoms with E-state index in [1.807, 2.05) is 60.8 Å². The molecule has 1 fully saturated rings. The van der Waals surface area contributed by atoms with Crippen LogP contribution in [0.4, 0.5) is 23.0 Å². The van der Waals surface area contributed by atoms with Crippen molar-refractivity contribution in [2.75, 3.05) is 23.7 Å². The van der Waals surface area contributed by atoms with Gasteiger partial charge in [-0.25, -0.2) is 9.97 Å². The molecule has 0 spiro atoms. The van der Waals surface area contributed by atoms with Crippen molar-refractivity contribution in [2.45, 2.75) is 26.0 Å². The van der Waals surface area contributed by atoms with E-state index in [0.29, 0.717) is 38.6 Å². The number of benzene rings is 2. The number of aliphatic hydroxyl groups excluding tert-OH is 1. The first-order valence-corrected chi connectivity index (χ1v) is 15.2. The number of halogens is 2. The molecule has 44 heavy (non-hydrogen) atoms. The molecule has 0 bridgehead atoms. The van der Waals surface area contributed by atoms with Gasteiger partial charge >= 0.3 is 0 Å². The van der Waals surface area contributed by atoms with Crippen molar-refractivity contribution >= 4 is 68.0 Å². The minimum atomic E-state index is -0.0799. The van der Waals surface area contributed by atoms with Gasteiger partial charge in [0.15, 0.2) is 11.6 Å². The highest BCUT2D eigenvalue weighted by Crippen LogP contribution is 2.42. The second kappa shape index (κ2) is 12.3. The summed E-state index contributed by atoms with van der Waals surface area (Å²) in [6, 6.07) is 19.4. The third-order valence-electron chi connectivity index (χ3n) is 7.89. The molecular formula is C34H29Cl2N7O. The van der Waals surface area contributed by atoms with Gasteiger partial charge in [-0.1, -0.05) is 47.5 Å². The molecule has 0 aliphatic carbocycles. The van der Waals surface area contributed by atoms with Crippen molar-refractivity contribution in [2.24, 2.45) is 0 Å². The van der Waals surface area contributed by atoms with Crippen LogP contribution in [0, 0.1) is 0 Å². The van der Waals surface area contributed by atoms with Gasteiger partial charge in [-0.2, -0.15) is 0 Å². The quantitative estimate of drug-likeness (QED) is 0.157. The molecule has 6 aromatic rings. The fraction of sp³-hybridized carbons (Fsp3) is 0.176. The van der Waals surface area contributed by atoms with Crippen molar-refractivity contribution < 1.29 is 5.11 Å². The number of fused-ring (bicyclic) bond motifs is 2. The summed E-state index contributed by atoms with van der Waals surface area (Å²) in [5.41, 5.74) is 6.27. The summed E-state index contributed by atoms with van der Waals surface area (Å²) in [4.78, 5) is 20.8. The number of hydrogen-bond acceptors (Lipinski definition) is 8. The summed E-state index contributed by atoms with van der Waals surface area (Å²) in [5, 5.41) is 19.1. The first kappa shape index (κ1) is 28.4. The lowest BCUT2D eigenvalue weighted by Crippen LogP contribution is -2.18. The molecule has 0 unspecified atom stereocenters. The van der Waals surface area contributed by atoms with E-state index in [9.17, 15) is 5.11 Å². The number of pyridine rings is 4. The topological polar surface area (TPSA) is 99.1 Å². The molecule has 3 N–H and O–H groups in total. The predicted octanol–water partition coefficient (Wildman–Crippen LogP) is 8.12. The van der Waals surface area contributed by atoms with Crippen molar-refractivity contribution in [3.8, 4) is 11.1 Å². The SMILES string of the molecule is OCc1cnc2c(Nc3cccc(-c4cccc(Nc5nccc6cc(CN7CCCC7)cnc56)c4Cl)c3Cl)nccc2c1. The van der Waals surface area contributed by atoms with Gasteiger partial charge in [0.05, 0.1) is 28.0 Å². The fourth-order valence-corrected chi connectivity index (χ4v) is 6.24. The Hall–Kier alpha value is -4.34. The number of nitrogens with zero attached hydrogens (tertiary/aromatic N) is 5. The standard InChI is InChI=1S/C34H29Cl2N7O/c35-29-25(26-6-4-8-28(30(26)36)42-34-32-24(10-12-38-34)16-22(20-44)18-40-32)5-3-7-27(29)41-33-31-23(9-11-37-33)15-21(17-39-31)19-43-13-1-2-14-43/h3-12,15-18,44H,1-2,13-14,19-20H2,(H,37,41)(H,38,42). The van der Waals surface area contributed by atoms with E-state index in [4.69, 9.17) is 28.2 Å². The maximum atomic E-state index is 9.49.